The highest BCUT2D eigenvalue weighted by Gasteiger charge is 2.13. The molecule has 5 nitrogen and oxygen atoms in total. The quantitative estimate of drug-likeness (QED) is 0.684. The normalized spacial score (nSPS) is 10.7. The minimum atomic E-state index is -0.230. The monoisotopic (exact) mass is 368 g/mol. The summed E-state index contributed by atoms with van der Waals surface area (Å²) in [6.07, 6.45) is 5.07. The average molecular weight is 369 g/mol. The van der Waals surface area contributed by atoms with E-state index in [-0.39, 0.29) is 5.91 Å². The highest BCUT2D eigenvalue weighted by atomic mass is 35.5. The lowest BCUT2D eigenvalue weighted by atomic mass is 10.1. The summed E-state index contributed by atoms with van der Waals surface area (Å²) >= 11 is 5.86. The minimum absolute atomic E-state index is 0.230. The van der Waals surface area contributed by atoms with Crippen LogP contribution in [0.5, 0.6) is 0 Å². The molecular formula is C20H21ClN4O. The van der Waals surface area contributed by atoms with E-state index in [1.807, 2.05) is 31.4 Å². The van der Waals surface area contributed by atoms with Crippen LogP contribution in [0.25, 0.3) is 11.4 Å². The van der Waals surface area contributed by atoms with Gasteiger partial charge in [0.2, 0.25) is 5.95 Å². The summed E-state index contributed by atoms with van der Waals surface area (Å²) < 4.78 is 1.78. The summed E-state index contributed by atoms with van der Waals surface area (Å²) in [7, 11) is 1.84. The number of rotatable bonds is 6. The van der Waals surface area contributed by atoms with E-state index in [4.69, 9.17) is 11.6 Å². The fraction of sp³-hybridized carbons (Fsp3) is 0.250. The Hall–Kier alpha value is -2.66. The van der Waals surface area contributed by atoms with E-state index in [1.165, 1.54) is 0 Å². The number of anilines is 1. The molecule has 26 heavy (non-hydrogen) atoms. The fourth-order valence-corrected chi connectivity index (χ4v) is 2.73. The first kappa shape index (κ1) is 18.1. The van der Waals surface area contributed by atoms with Crippen LogP contribution < -0.4 is 5.32 Å². The predicted molar refractivity (Wildman–Crippen MR) is 104 cm³/mol. The molecule has 0 atom stereocenters. The Bertz CT molecular complexity index is 902. The third-order valence-electron chi connectivity index (χ3n) is 4.06. The van der Waals surface area contributed by atoms with Crippen molar-refractivity contribution in [2.75, 3.05) is 5.32 Å². The molecule has 3 rings (SSSR count). The number of nitrogens with zero attached hydrogens (tertiary/aromatic N) is 3. The second-order valence-corrected chi connectivity index (χ2v) is 6.58. The van der Waals surface area contributed by atoms with Crippen LogP contribution in [0.4, 0.5) is 5.95 Å². The van der Waals surface area contributed by atoms with Gasteiger partial charge in [-0.25, -0.2) is 4.98 Å². The maximum atomic E-state index is 12.4. The Morgan fingerprint density at radius 1 is 1.12 bits per heavy atom. The first-order chi connectivity index (χ1) is 12.6. The number of aryl methyl sites for hydroxylation is 2. The van der Waals surface area contributed by atoms with Gasteiger partial charge in [-0.1, -0.05) is 31.0 Å². The third-order valence-corrected chi connectivity index (χ3v) is 4.32. The first-order valence-electron chi connectivity index (χ1n) is 8.63. The van der Waals surface area contributed by atoms with Crippen molar-refractivity contribution in [3.63, 3.8) is 0 Å². The number of carbonyl (C=O) groups is 1. The van der Waals surface area contributed by atoms with E-state index in [1.54, 1.807) is 28.8 Å². The molecule has 2 aromatic heterocycles. The van der Waals surface area contributed by atoms with Crippen molar-refractivity contribution in [3.05, 3.63) is 64.9 Å². The Labute approximate surface area is 158 Å². The van der Waals surface area contributed by atoms with Crippen LogP contribution in [0.3, 0.4) is 0 Å². The Balaban J connectivity index is 1.78. The van der Waals surface area contributed by atoms with Gasteiger partial charge in [0.1, 0.15) is 5.69 Å². The summed E-state index contributed by atoms with van der Waals surface area (Å²) in [5.74, 6) is 0.243. The number of hydrogen-bond acceptors (Lipinski definition) is 3. The van der Waals surface area contributed by atoms with Gasteiger partial charge in [0.25, 0.3) is 5.91 Å². The Kier molecular flexibility index (Phi) is 5.68. The summed E-state index contributed by atoms with van der Waals surface area (Å²) in [5.41, 5.74) is 3.12. The molecule has 0 spiro atoms. The molecule has 134 valence electrons. The number of nitrogens with one attached hydrogen (secondary N) is 1. The highest BCUT2D eigenvalue weighted by Crippen LogP contribution is 2.20. The summed E-state index contributed by atoms with van der Waals surface area (Å²) in [5, 5.41) is 3.42. The molecule has 3 aromatic rings. The van der Waals surface area contributed by atoms with Gasteiger partial charge in [-0.2, -0.15) is 0 Å². The highest BCUT2D eigenvalue weighted by molar-refractivity contribution is 6.30. The molecular weight excluding hydrogens is 348 g/mol. The van der Waals surface area contributed by atoms with Crippen LogP contribution in [0, 0.1) is 0 Å². The number of halogens is 1. The molecule has 1 N–H and O–H groups in total. The number of carbonyl (C=O) groups excluding carboxylic acids is 1. The number of pyridine rings is 1. The number of imidazole rings is 1. The Morgan fingerprint density at radius 3 is 2.62 bits per heavy atom. The third kappa shape index (κ3) is 4.29. The second kappa shape index (κ2) is 8.15. The standard InChI is InChI=1S/C20H21ClN4O/c1-3-4-6-16-7-5-8-17(22-16)18-13-25(2)20(23-18)24-19(26)14-9-11-15(21)12-10-14/h5,7-13H,3-4,6H2,1-2H3,(H,23,24,26). The van der Waals surface area contributed by atoms with Crippen LogP contribution >= 0.6 is 11.6 Å². The molecule has 2 heterocycles. The topological polar surface area (TPSA) is 59.8 Å². The van der Waals surface area contributed by atoms with Crippen LogP contribution in [0.2, 0.25) is 5.02 Å². The number of amides is 1. The molecule has 1 aromatic carbocycles. The van der Waals surface area contributed by atoms with E-state index in [0.717, 1.165) is 36.3 Å². The smallest absolute Gasteiger partial charge is 0.257 e. The van der Waals surface area contributed by atoms with Gasteiger partial charge in [0.15, 0.2) is 0 Å². The van der Waals surface area contributed by atoms with Gasteiger partial charge in [0.05, 0.1) is 5.69 Å². The lowest BCUT2D eigenvalue weighted by molar-refractivity contribution is 0.102. The molecule has 1 amide bonds. The minimum Gasteiger partial charge on any atom is -0.320 e. The predicted octanol–water partition coefficient (Wildman–Crippen LogP) is 4.73. The lowest BCUT2D eigenvalue weighted by Crippen LogP contribution is -2.14. The van der Waals surface area contributed by atoms with Crippen molar-refractivity contribution in [2.24, 2.45) is 7.05 Å². The van der Waals surface area contributed by atoms with Crippen LogP contribution in [0.1, 0.15) is 35.8 Å². The molecule has 0 unspecified atom stereocenters. The SMILES string of the molecule is CCCCc1cccc(-c2cn(C)c(NC(=O)c3ccc(Cl)cc3)n2)n1. The fourth-order valence-electron chi connectivity index (χ4n) is 2.60. The van der Waals surface area contributed by atoms with Gasteiger partial charge in [-0.15, -0.1) is 0 Å². The number of unbranched alkanes of at least 4 members (excludes halogenated alkanes) is 1. The van der Waals surface area contributed by atoms with Crippen molar-refractivity contribution >= 4 is 23.5 Å². The van der Waals surface area contributed by atoms with Crippen LogP contribution in [0.15, 0.2) is 48.7 Å². The molecule has 6 heteroatoms. The van der Waals surface area contributed by atoms with Crippen molar-refractivity contribution in [1.29, 1.82) is 0 Å². The van der Waals surface area contributed by atoms with Crippen molar-refractivity contribution in [3.8, 4) is 11.4 Å². The van der Waals surface area contributed by atoms with Crippen LogP contribution in [-0.2, 0) is 13.5 Å². The molecule has 0 fully saturated rings. The van der Waals surface area contributed by atoms with E-state index < -0.39 is 0 Å². The average Bonchev–Trinajstić information content (AvgIpc) is 3.01. The maximum absolute atomic E-state index is 12.4. The van der Waals surface area contributed by atoms with Crippen LogP contribution in [-0.4, -0.2) is 20.4 Å². The number of hydrogen-bond donors (Lipinski definition) is 1. The van der Waals surface area contributed by atoms with E-state index >= 15 is 0 Å². The van der Waals surface area contributed by atoms with Gasteiger partial charge >= 0.3 is 0 Å². The molecule has 0 bridgehead atoms. The summed E-state index contributed by atoms with van der Waals surface area (Å²) in [6, 6.07) is 12.7. The summed E-state index contributed by atoms with van der Waals surface area (Å²) in [6.45, 7) is 2.16. The number of benzene rings is 1. The molecule has 0 radical (unpaired) electrons. The van der Waals surface area contributed by atoms with Crippen molar-refractivity contribution < 1.29 is 4.79 Å². The molecule has 0 aliphatic rings. The lowest BCUT2D eigenvalue weighted by Gasteiger charge is -2.04. The van der Waals surface area contributed by atoms with Gasteiger partial charge in [-0.3, -0.25) is 15.1 Å². The molecule has 0 aliphatic carbocycles. The first-order valence-corrected chi connectivity index (χ1v) is 9.01. The van der Waals surface area contributed by atoms with Gasteiger partial charge in [-0.05, 0) is 49.2 Å². The maximum Gasteiger partial charge on any atom is 0.257 e. The zero-order chi connectivity index (χ0) is 18.5. The van der Waals surface area contributed by atoms with Crippen molar-refractivity contribution in [2.45, 2.75) is 26.2 Å². The Morgan fingerprint density at radius 2 is 1.88 bits per heavy atom. The van der Waals surface area contributed by atoms with E-state index in [2.05, 4.69) is 22.2 Å². The van der Waals surface area contributed by atoms with Gasteiger partial charge < -0.3 is 4.57 Å². The number of aromatic nitrogens is 3. The molecule has 0 saturated carbocycles. The largest absolute Gasteiger partial charge is 0.320 e. The van der Waals surface area contributed by atoms with Crippen molar-refractivity contribution in [1.82, 2.24) is 14.5 Å². The second-order valence-electron chi connectivity index (χ2n) is 6.14. The van der Waals surface area contributed by atoms with E-state index in [0.29, 0.717) is 16.5 Å². The van der Waals surface area contributed by atoms with E-state index in [9.17, 15) is 4.79 Å². The molecule has 0 saturated heterocycles. The van der Waals surface area contributed by atoms with Gasteiger partial charge in [0, 0.05) is 29.5 Å². The zero-order valence-electron chi connectivity index (χ0n) is 14.9. The molecule has 0 aliphatic heterocycles. The zero-order valence-corrected chi connectivity index (χ0v) is 15.6. The summed E-state index contributed by atoms with van der Waals surface area (Å²) in [4.78, 5) is 21.6.